The molecule has 1 aromatic heterocycles. The molecular weight excluding hydrogens is 238 g/mol. The van der Waals surface area contributed by atoms with Crippen LogP contribution in [0.2, 0.25) is 0 Å². The predicted molar refractivity (Wildman–Crippen MR) is 55.1 cm³/mol. The van der Waals surface area contributed by atoms with Crippen molar-refractivity contribution < 1.29 is 4.79 Å². The zero-order valence-corrected chi connectivity index (χ0v) is 8.91. The fraction of sp³-hybridized carbons (Fsp3) is 0.125. The number of likely N-dealkylation sites (N-methyl/N-ethyl adjacent to an activating group) is 1. The molecule has 4 heteroatoms. The maximum Gasteiger partial charge on any atom is 0.243 e. The quantitative estimate of drug-likeness (QED) is 0.797. The highest BCUT2D eigenvalue weighted by Gasteiger charge is 1.93. The van der Waals surface area contributed by atoms with Gasteiger partial charge in [-0.1, -0.05) is 0 Å². The number of carbonyl (C=O) groups excluding carboxylic acids is 1. The van der Waals surface area contributed by atoms with Gasteiger partial charge in [-0.25, -0.2) is 0 Å². The van der Waals surface area contributed by atoms with Gasteiger partial charge >= 0.3 is 0 Å². The molecule has 1 amide bonds. The van der Waals surface area contributed by atoms with E-state index >= 15 is 0 Å². The van der Waals surface area contributed by atoms with Crippen LogP contribution in [0, 0.1) is 0 Å². The Morgan fingerprint density at radius 3 is 3.00 bits per heavy atom. The van der Waals surface area contributed by atoms with E-state index in [1.165, 1.54) is 6.08 Å². The number of carbonyl (C=O) groups is 1. The van der Waals surface area contributed by atoms with Gasteiger partial charge in [-0.05, 0) is 39.0 Å². The van der Waals surface area contributed by atoms with Gasteiger partial charge in [0.2, 0.25) is 5.91 Å². The van der Waals surface area contributed by atoms with Crippen LogP contribution < -0.4 is 5.32 Å². The minimum atomic E-state index is -0.0858. The van der Waals surface area contributed by atoms with E-state index < -0.39 is 0 Å². The van der Waals surface area contributed by atoms with Crippen LogP contribution in [0.5, 0.6) is 0 Å². The van der Waals surface area contributed by atoms with E-state index in [2.05, 4.69) is 21.2 Å². The number of amides is 1. The topological polar surface area (TPSA) is 29.1 Å². The summed E-state index contributed by atoms with van der Waals surface area (Å²) in [5.74, 6) is -0.0858. The van der Waals surface area contributed by atoms with Crippen LogP contribution in [0.1, 0.15) is 5.56 Å². The molecule has 0 aliphatic rings. The van der Waals surface area contributed by atoms with Gasteiger partial charge in [0.15, 0.2) is 0 Å². The maximum absolute atomic E-state index is 10.8. The van der Waals surface area contributed by atoms with Crippen LogP contribution in [-0.2, 0) is 4.79 Å². The maximum atomic E-state index is 10.8. The molecule has 1 aromatic rings. The van der Waals surface area contributed by atoms with E-state index in [9.17, 15) is 4.79 Å². The first kappa shape index (κ1) is 9.48. The summed E-state index contributed by atoms with van der Waals surface area (Å²) in [4.78, 5) is 10.8. The van der Waals surface area contributed by atoms with Crippen LogP contribution in [-0.4, -0.2) is 13.0 Å². The van der Waals surface area contributed by atoms with Gasteiger partial charge in [0.05, 0.1) is 3.79 Å². The van der Waals surface area contributed by atoms with Crippen molar-refractivity contribution in [1.29, 1.82) is 0 Å². The van der Waals surface area contributed by atoms with Crippen LogP contribution in [0.15, 0.2) is 21.3 Å². The molecule has 0 saturated carbocycles. The molecule has 0 bridgehead atoms. The van der Waals surface area contributed by atoms with Gasteiger partial charge in [-0.15, -0.1) is 11.3 Å². The monoisotopic (exact) mass is 245 g/mol. The molecular formula is C8H8BrNOS. The summed E-state index contributed by atoms with van der Waals surface area (Å²) in [6.07, 6.45) is 3.29. The van der Waals surface area contributed by atoms with Crippen molar-refractivity contribution in [2.24, 2.45) is 0 Å². The largest absolute Gasteiger partial charge is 0.356 e. The van der Waals surface area contributed by atoms with Crippen LogP contribution >= 0.6 is 27.3 Å². The van der Waals surface area contributed by atoms with E-state index in [4.69, 9.17) is 0 Å². The Hall–Kier alpha value is -0.610. The third kappa shape index (κ3) is 2.79. The molecule has 2 nitrogen and oxygen atoms in total. The lowest BCUT2D eigenvalue weighted by Crippen LogP contribution is -2.13. The summed E-state index contributed by atoms with van der Waals surface area (Å²) in [6, 6.07) is 1.96. The summed E-state index contributed by atoms with van der Waals surface area (Å²) in [6.45, 7) is 0. The number of thiophene rings is 1. The smallest absolute Gasteiger partial charge is 0.243 e. The van der Waals surface area contributed by atoms with E-state index in [1.807, 2.05) is 11.4 Å². The second kappa shape index (κ2) is 4.42. The molecule has 0 fully saturated rings. The molecule has 0 unspecified atom stereocenters. The highest BCUT2D eigenvalue weighted by Crippen LogP contribution is 2.21. The van der Waals surface area contributed by atoms with Crippen molar-refractivity contribution in [2.45, 2.75) is 0 Å². The second-order valence-corrected chi connectivity index (χ2v) is 4.42. The molecule has 0 spiro atoms. The minimum Gasteiger partial charge on any atom is -0.356 e. The van der Waals surface area contributed by atoms with Crippen molar-refractivity contribution >= 4 is 39.2 Å². The van der Waals surface area contributed by atoms with Gasteiger partial charge in [-0.2, -0.15) is 0 Å². The number of hydrogen-bond acceptors (Lipinski definition) is 2. The first-order valence-electron chi connectivity index (χ1n) is 3.36. The molecule has 0 aromatic carbocycles. The minimum absolute atomic E-state index is 0.0858. The Labute approximate surface area is 83.4 Å². The lowest BCUT2D eigenvalue weighted by molar-refractivity contribution is -0.115. The summed E-state index contributed by atoms with van der Waals surface area (Å²) < 4.78 is 1.07. The standard InChI is InChI=1S/C8H8BrNOS/c1-10-8(11)3-2-6-4-7(9)12-5-6/h2-5H,1H3,(H,10,11)/b3-2+. The lowest BCUT2D eigenvalue weighted by atomic mass is 10.3. The number of rotatable bonds is 2. The van der Waals surface area contributed by atoms with Crippen molar-refractivity contribution in [2.75, 3.05) is 7.05 Å². The molecule has 1 heterocycles. The molecule has 0 saturated heterocycles. The molecule has 64 valence electrons. The van der Waals surface area contributed by atoms with Gasteiger partial charge in [0.1, 0.15) is 0 Å². The van der Waals surface area contributed by atoms with Gasteiger partial charge in [-0.3, -0.25) is 4.79 Å². The van der Waals surface area contributed by atoms with Crippen molar-refractivity contribution in [3.63, 3.8) is 0 Å². The highest BCUT2D eigenvalue weighted by molar-refractivity contribution is 9.11. The van der Waals surface area contributed by atoms with Crippen LogP contribution in [0.4, 0.5) is 0 Å². The third-order valence-electron chi connectivity index (χ3n) is 1.26. The molecule has 0 atom stereocenters. The zero-order valence-electron chi connectivity index (χ0n) is 6.50. The fourth-order valence-electron chi connectivity index (χ4n) is 0.666. The van der Waals surface area contributed by atoms with Gasteiger partial charge in [0.25, 0.3) is 0 Å². The molecule has 12 heavy (non-hydrogen) atoms. The van der Waals surface area contributed by atoms with E-state index in [0.717, 1.165) is 9.35 Å². The summed E-state index contributed by atoms with van der Waals surface area (Å²) in [5.41, 5.74) is 1.04. The molecule has 1 N–H and O–H groups in total. The van der Waals surface area contributed by atoms with E-state index in [1.54, 1.807) is 24.5 Å². The Bertz CT molecular complexity index is 306. The lowest BCUT2D eigenvalue weighted by Gasteiger charge is -1.87. The Morgan fingerprint density at radius 2 is 2.50 bits per heavy atom. The van der Waals surface area contributed by atoms with Gasteiger partial charge < -0.3 is 5.32 Å². The van der Waals surface area contributed by atoms with E-state index in [-0.39, 0.29) is 5.91 Å². The third-order valence-corrected chi connectivity index (χ3v) is 2.78. The number of halogens is 1. The normalized spacial score (nSPS) is 10.5. The number of nitrogens with one attached hydrogen (secondary N) is 1. The highest BCUT2D eigenvalue weighted by atomic mass is 79.9. The van der Waals surface area contributed by atoms with Crippen LogP contribution in [0.3, 0.4) is 0 Å². The Kier molecular flexibility index (Phi) is 3.49. The fourth-order valence-corrected chi connectivity index (χ4v) is 1.81. The summed E-state index contributed by atoms with van der Waals surface area (Å²) >= 11 is 4.94. The summed E-state index contributed by atoms with van der Waals surface area (Å²) in [7, 11) is 1.61. The van der Waals surface area contributed by atoms with Gasteiger partial charge in [0, 0.05) is 13.1 Å². The van der Waals surface area contributed by atoms with E-state index in [0.29, 0.717) is 0 Å². The SMILES string of the molecule is CNC(=O)/C=C/c1csc(Br)c1. The predicted octanol–water partition coefficient (Wildman–Crippen LogP) is 2.27. The molecule has 0 aliphatic heterocycles. The van der Waals surface area contributed by atoms with Crippen molar-refractivity contribution in [3.05, 3.63) is 26.9 Å². The molecule has 0 aliphatic carbocycles. The second-order valence-electron chi connectivity index (χ2n) is 2.13. The Morgan fingerprint density at radius 1 is 1.75 bits per heavy atom. The molecule has 1 rings (SSSR count). The van der Waals surface area contributed by atoms with Crippen molar-refractivity contribution in [3.8, 4) is 0 Å². The Balaban J connectivity index is 2.63. The van der Waals surface area contributed by atoms with Crippen LogP contribution in [0.25, 0.3) is 6.08 Å². The first-order valence-corrected chi connectivity index (χ1v) is 5.03. The average molecular weight is 246 g/mol. The van der Waals surface area contributed by atoms with Crippen molar-refractivity contribution in [1.82, 2.24) is 5.32 Å². The average Bonchev–Trinajstić information content (AvgIpc) is 2.47. The summed E-state index contributed by atoms with van der Waals surface area (Å²) in [5, 5.41) is 4.48. The number of hydrogen-bond donors (Lipinski definition) is 1. The molecule has 0 radical (unpaired) electrons. The zero-order chi connectivity index (χ0) is 8.97. The first-order chi connectivity index (χ1) is 5.72.